The van der Waals surface area contributed by atoms with Gasteiger partial charge in [-0.25, -0.2) is 4.98 Å². The maximum Gasteiger partial charge on any atom is 0.262 e. The number of thioether (sulfide) groups is 1. The van der Waals surface area contributed by atoms with Crippen molar-refractivity contribution in [1.29, 1.82) is 0 Å². The van der Waals surface area contributed by atoms with Crippen molar-refractivity contribution >= 4 is 34.3 Å². The Morgan fingerprint density at radius 1 is 1.03 bits per heavy atom. The number of aromatic nitrogens is 2. The van der Waals surface area contributed by atoms with Crippen LogP contribution in [0.25, 0.3) is 10.9 Å². The van der Waals surface area contributed by atoms with Crippen molar-refractivity contribution in [3.05, 3.63) is 57.3 Å². The van der Waals surface area contributed by atoms with E-state index < -0.39 is 0 Å². The average molecular weight is 488 g/mol. The smallest absolute Gasteiger partial charge is 0.262 e. The van der Waals surface area contributed by atoms with E-state index in [1.54, 1.807) is 0 Å². The fourth-order valence-corrected chi connectivity index (χ4v) is 5.37. The summed E-state index contributed by atoms with van der Waals surface area (Å²) in [5.41, 5.74) is 1.72. The van der Waals surface area contributed by atoms with Crippen LogP contribution >= 0.6 is 23.4 Å². The van der Waals surface area contributed by atoms with Crippen molar-refractivity contribution in [2.75, 3.05) is 46.1 Å². The third kappa shape index (κ3) is 5.14. The lowest BCUT2D eigenvalue weighted by Gasteiger charge is -2.26. The van der Waals surface area contributed by atoms with Crippen LogP contribution in [0.1, 0.15) is 12.0 Å². The van der Waals surface area contributed by atoms with E-state index in [9.17, 15) is 4.79 Å². The largest absolute Gasteiger partial charge is 0.486 e. The standard InChI is InChI=1S/C24H26ClN3O4S/c25-19-14-17(15-21-22(19)32-13-12-31-21)16-33-24-26-20-5-2-1-4-18(20)23(29)28(24)7-3-6-27-8-10-30-11-9-27/h1-2,4-5,14-15H,3,6-13,16H2. The molecule has 0 N–H and O–H groups in total. The minimum absolute atomic E-state index is 0.00489. The molecule has 1 fully saturated rings. The quantitative estimate of drug-likeness (QED) is 0.370. The molecule has 0 radical (unpaired) electrons. The van der Waals surface area contributed by atoms with Crippen LogP contribution in [0.3, 0.4) is 0 Å². The number of halogens is 1. The highest BCUT2D eigenvalue weighted by molar-refractivity contribution is 7.98. The topological polar surface area (TPSA) is 65.8 Å². The van der Waals surface area contributed by atoms with Gasteiger partial charge in [-0.1, -0.05) is 35.5 Å². The van der Waals surface area contributed by atoms with Gasteiger partial charge in [-0.3, -0.25) is 14.3 Å². The fourth-order valence-electron chi connectivity index (χ4n) is 4.13. The highest BCUT2D eigenvalue weighted by Gasteiger charge is 2.18. The van der Waals surface area contributed by atoms with Crippen molar-refractivity contribution in [2.45, 2.75) is 23.9 Å². The summed E-state index contributed by atoms with van der Waals surface area (Å²) in [6.45, 7) is 6.00. The lowest BCUT2D eigenvalue weighted by molar-refractivity contribution is 0.0368. The van der Waals surface area contributed by atoms with Crippen molar-refractivity contribution in [1.82, 2.24) is 14.5 Å². The molecule has 1 saturated heterocycles. The van der Waals surface area contributed by atoms with Crippen LogP contribution in [0.4, 0.5) is 0 Å². The van der Waals surface area contributed by atoms with E-state index in [2.05, 4.69) is 4.90 Å². The minimum Gasteiger partial charge on any atom is -0.486 e. The molecular weight excluding hydrogens is 462 g/mol. The molecule has 0 spiro atoms. The normalized spacial score (nSPS) is 16.3. The molecule has 5 rings (SSSR count). The van der Waals surface area contributed by atoms with Crippen molar-refractivity contribution < 1.29 is 14.2 Å². The van der Waals surface area contributed by atoms with E-state index in [-0.39, 0.29) is 5.56 Å². The average Bonchev–Trinajstić information content (AvgIpc) is 2.85. The zero-order valence-corrected chi connectivity index (χ0v) is 19.9. The molecule has 0 bridgehead atoms. The van der Waals surface area contributed by atoms with Gasteiger partial charge in [-0.05, 0) is 36.2 Å². The fraction of sp³-hybridized carbons (Fsp3) is 0.417. The molecule has 9 heteroatoms. The number of hydrogen-bond acceptors (Lipinski definition) is 7. The molecule has 0 atom stereocenters. The molecule has 2 aliphatic heterocycles. The molecule has 7 nitrogen and oxygen atoms in total. The Kier molecular flexibility index (Phi) is 7.06. The zero-order valence-electron chi connectivity index (χ0n) is 18.3. The van der Waals surface area contributed by atoms with E-state index in [1.165, 1.54) is 11.8 Å². The van der Waals surface area contributed by atoms with E-state index in [1.807, 2.05) is 41.0 Å². The summed E-state index contributed by atoms with van der Waals surface area (Å²) >= 11 is 7.95. The lowest BCUT2D eigenvalue weighted by Crippen LogP contribution is -2.37. The first-order chi connectivity index (χ1) is 16.2. The maximum absolute atomic E-state index is 13.3. The highest BCUT2D eigenvalue weighted by Crippen LogP contribution is 2.39. The van der Waals surface area contributed by atoms with Crippen molar-refractivity contribution in [2.24, 2.45) is 0 Å². The number of benzene rings is 2. The van der Waals surface area contributed by atoms with Gasteiger partial charge in [0.1, 0.15) is 13.2 Å². The molecular formula is C24H26ClN3O4S. The van der Waals surface area contributed by atoms with Gasteiger partial charge < -0.3 is 14.2 Å². The summed E-state index contributed by atoms with van der Waals surface area (Å²) < 4.78 is 18.6. The molecule has 2 aromatic carbocycles. The van der Waals surface area contributed by atoms with Crippen molar-refractivity contribution in [3.8, 4) is 11.5 Å². The summed E-state index contributed by atoms with van der Waals surface area (Å²) in [4.78, 5) is 20.5. The monoisotopic (exact) mass is 487 g/mol. The highest BCUT2D eigenvalue weighted by atomic mass is 35.5. The summed E-state index contributed by atoms with van der Waals surface area (Å²) in [5.74, 6) is 1.88. The second-order valence-electron chi connectivity index (χ2n) is 8.07. The summed E-state index contributed by atoms with van der Waals surface area (Å²) in [7, 11) is 0. The Labute approximate surface area is 201 Å². The van der Waals surface area contributed by atoms with Gasteiger partial charge in [0.2, 0.25) is 0 Å². The first-order valence-electron chi connectivity index (χ1n) is 11.2. The van der Waals surface area contributed by atoms with Crippen molar-refractivity contribution in [3.63, 3.8) is 0 Å². The lowest BCUT2D eigenvalue weighted by atomic mass is 10.2. The van der Waals surface area contributed by atoms with Crippen LogP contribution in [0.15, 0.2) is 46.3 Å². The predicted octanol–water partition coefficient (Wildman–Crippen LogP) is 3.84. The molecule has 2 aliphatic rings. The minimum atomic E-state index is 0.00489. The van der Waals surface area contributed by atoms with Gasteiger partial charge in [-0.15, -0.1) is 0 Å². The molecule has 0 aliphatic carbocycles. The third-order valence-corrected chi connectivity index (χ3v) is 7.14. The van der Waals surface area contributed by atoms with Gasteiger partial charge >= 0.3 is 0 Å². The van der Waals surface area contributed by atoms with Crippen LogP contribution in [0, 0.1) is 0 Å². The van der Waals surface area contributed by atoms with E-state index in [4.69, 9.17) is 30.8 Å². The molecule has 174 valence electrons. The van der Waals surface area contributed by atoms with Crippen LogP contribution in [-0.2, 0) is 17.0 Å². The number of morpholine rings is 1. The number of fused-ring (bicyclic) bond motifs is 2. The Morgan fingerprint density at radius 2 is 1.85 bits per heavy atom. The van der Waals surface area contributed by atoms with E-state index in [0.29, 0.717) is 52.6 Å². The molecule has 0 saturated carbocycles. The molecule has 3 heterocycles. The first-order valence-corrected chi connectivity index (χ1v) is 12.6. The maximum atomic E-state index is 13.3. The summed E-state index contributed by atoms with van der Waals surface area (Å²) in [6.07, 6.45) is 0.878. The summed E-state index contributed by atoms with van der Waals surface area (Å²) in [5, 5.41) is 1.90. The zero-order chi connectivity index (χ0) is 22.6. The third-order valence-electron chi connectivity index (χ3n) is 5.81. The second kappa shape index (κ2) is 10.3. The van der Waals surface area contributed by atoms with Gasteiger partial charge in [-0.2, -0.15) is 0 Å². The van der Waals surface area contributed by atoms with Gasteiger partial charge in [0, 0.05) is 31.9 Å². The van der Waals surface area contributed by atoms with Gasteiger partial charge in [0.15, 0.2) is 16.7 Å². The predicted molar refractivity (Wildman–Crippen MR) is 130 cm³/mol. The Bertz CT molecular complexity index is 1200. The summed E-state index contributed by atoms with van der Waals surface area (Å²) in [6, 6.07) is 11.4. The Balaban J connectivity index is 1.37. The Hall–Kier alpha value is -2.26. The molecule has 3 aromatic rings. The van der Waals surface area contributed by atoms with Gasteiger partial charge in [0.25, 0.3) is 5.56 Å². The van der Waals surface area contributed by atoms with Gasteiger partial charge in [0.05, 0.1) is 29.1 Å². The van der Waals surface area contributed by atoms with E-state index >= 15 is 0 Å². The number of rotatable bonds is 7. The number of ether oxygens (including phenoxy) is 3. The van der Waals surface area contributed by atoms with Crippen LogP contribution in [0.2, 0.25) is 5.02 Å². The molecule has 33 heavy (non-hydrogen) atoms. The molecule has 1 aromatic heterocycles. The number of nitrogens with zero attached hydrogens (tertiary/aromatic N) is 3. The van der Waals surface area contributed by atoms with Crippen LogP contribution in [0.5, 0.6) is 11.5 Å². The molecule has 0 unspecified atom stereocenters. The van der Waals surface area contributed by atoms with E-state index in [0.717, 1.165) is 50.3 Å². The van der Waals surface area contributed by atoms with Crippen LogP contribution in [-0.4, -0.2) is 60.5 Å². The number of para-hydroxylation sites is 1. The SMILES string of the molecule is O=c1c2ccccc2nc(SCc2cc(Cl)c3c(c2)OCCO3)n1CCCN1CCOCC1. The first kappa shape index (κ1) is 22.5. The second-order valence-corrected chi connectivity index (χ2v) is 9.42. The number of hydrogen-bond donors (Lipinski definition) is 0. The molecule has 0 amide bonds. The Morgan fingerprint density at radius 3 is 2.73 bits per heavy atom. The van der Waals surface area contributed by atoms with Crippen LogP contribution < -0.4 is 15.0 Å².